The summed E-state index contributed by atoms with van der Waals surface area (Å²) in [5, 5.41) is 9.57. The number of hydrogen-bond acceptors (Lipinski definition) is 3. The molecule has 0 spiro atoms. The van der Waals surface area contributed by atoms with E-state index in [0.717, 1.165) is 38.0 Å². The van der Waals surface area contributed by atoms with Crippen LogP contribution in [0.15, 0.2) is 24.3 Å². The molecule has 1 heterocycles. The van der Waals surface area contributed by atoms with Crippen LogP contribution in [-0.2, 0) is 6.54 Å². The van der Waals surface area contributed by atoms with Crippen molar-refractivity contribution in [2.24, 2.45) is 5.73 Å². The lowest BCUT2D eigenvalue weighted by Crippen LogP contribution is -2.37. The van der Waals surface area contributed by atoms with E-state index in [1.165, 1.54) is 0 Å². The Labute approximate surface area is 101 Å². The molecule has 1 aliphatic heterocycles. The van der Waals surface area contributed by atoms with Crippen LogP contribution >= 0.6 is 0 Å². The normalized spacial score (nSPS) is 21.4. The van der Waals surface area contributed by atoms with Crippen LogP contribution in [0.25, 0.3) is 0 Å². The Kier molecular flexibility index (Phi) is 3.76. The molecule has 92 valence electrons. The molecule has 4 heteroatoms. The van der Waals surface area contributed by atoms with Gasteiger partial charge in [0.1, 0.15) is 0 Å². The smallest absolute Gasteiger partial charge is 0.248 e. The van der Waals surface area contributed by atoms with Crippen LogP contribution in [0.2, 0.25) is 0 Å². The van der Waals surface area contributed by atoms with Gasteiger partial charge in [-0.2, -0.15) is 0 Å². The molecule has 1 aromatic carbocycles. The van der Waals surface area contributed by atoms with E-state index in [9.17, 15) is 9.90 Å². The molecule has 1 saturated heterocycles. The van der Waals surface area contributed by atoms with Gasteiger partial charge in [-0.1, -0.05) is 12.1 Å². The number of benzene rings is 1. The maximum absolute atomic E-state index is 10.9. The number of hydrogen-bond donors (Lipinski definition) is 2. The molecular weight excluding hydrogens is 216 g/mol. The van der Waals surface area contributed by atoms with Gasteiger partial charge >= 0.3 is 0 Å². The second kappa shape index (κ2) is 5.29. The number of carbonyl (C=O) groups is 1. The van der Waals surface area contributed by atoms with Gasteiger partial charge in [0.25, 0.3) is 0 Å². The number of aliphatic hydroxyl groups is 1. The zero-order chi connectivity index (χ0) is 12.3. The summed E-state index contributed by atoms with van der Waals surface area (Å²) >= 11 is 0. The number of rotatable bonds is 3. The SMILES string of the molecule is NC(=O)c1ccc(CN2CCC[C@H](O)C2)cc1. The summed E-state index contributed by atoms with van der Waals surface area (Å²) in [6, 6.07) is 7.33. The van der Waals surface area contributed by atoms with E-state index in [2.05, 4.69) is 4.90 Å². The summed E-state index contributed by atoms with van der Waals surface area (Å²) in [4.78, 5) is 13.2. The highest BCUT2D eigenvalue weighted by atomic mass is 16.3. The van der Waals surface area contributed by atoms with Crippen LogP contribution in [0.4, 0.5) is 0 Å². The highest BCUT2D eigenvalue weighted by Gasteiger charge is 2.17. The van der Waals surface area contributed by atoms with Crippen molar-refractivity contribution in [2.75, 3.05) is 13.1 Å². The maximum Gasteiger partial charge on any atom is 0.248 e. The number of nitrogens with zero attached hydrogens (tertiary/aromatic N) is 1. The summed E-state index contributed by atoms with van der Waals surface area (Å²) in [7, 11) is 0. The third kappa shape index (κ3) is 3.28. The number of likely N-dealkylation sites (tertiary alicyclic amines) is 1. The number of piperidine rings is 1. The van der Waals surface area contributed by atoms with Crippen molar-refractivity contribution in [1.82, 2.24) is 4.90 Å². The van der Waals surface area contributed by atoms with Crippen molar-refractivity contribution in [3.8, 4) is 0 Å². The number of β-amino-alcohol motifs (C(OH)–C–C–N with tert-alkyl or cyclic N) is 1. The van der Waals surface area contributed by atoms with Crippen molar-refractivity contribution in [3.63, 3.8) is 0 Å². The third-order valence-electron chi connectivity index (χ3n) is 3.13. The molecule has 1 aliphatic rings. The standard InChI is InChI=1S/C13H18N2O2/c14-13(17)11-5-3-10(4-6-11)8-15-7-1-2-12(16)9-15/h3-6,12,16H,1-2,7-9H2,(H2,14,17)/t12-/m0/s1. The lowest BCUT2D eigenvalue weighted by atomic mass is 10.1. The molecular formula is C13H18N2O2. The summed E-state index contributed by atoms with van der Waals surface area (Å²) in [6.45, 7) is 2.57. The lowest BCUT2D eigenvalue weighted by Gasteiger charge is -2.29. The fourth-order valence-corrected chi connectivity index (χ4v) is 2.21. The monoisotopic (exact) mass is 234 g/mol. The Morgan fingerprint density at radius 1 is 1.41 bits per heavy atom. The Bertz CT molecular complexity index is 389. The summed E-state index contributed by atoms with van der Waals surface area (Å²) in [5.74, 6) is -0.398. The van der Waals surface area contributed by atoms with Gasteiger partial charge in [-0.3, -0.25) is 9.69 Å². The van der Waals surface area contributed by atoms with E-state index in [1.807, 2.05) is 12.1 Å². The van der Waals surface area contributed by atoms with Crippen LogP contribution in [0.5, 0.6) is 0 Å². The summed E-state index contributed by atoms with van der Waals surface area (Å²) in [6.07, 6.45) is 1.74. The van der Waals surface area contributed by atoms with E-state index >= 15 is 0 Å². The fraction of sp³-hybridized carbons (Fsp3) is 0.462. The first-order chi connectivity index (χ1) is 8.15. The van der Waals surface area contributed by atoms with Gasteiger partial charge in [0.2, 0.25) is 5.91 Å². The third-order valence-corrected chi connectivity index (χ3v) is 3.13. The Hall–Kier alpha value is -1.39. The van der Waals surface area contributed by atoms with Crippen LogP contribution in [0.1, 0.15) is 28.8 Å². The molecule has 0 radical (unpaired) electrons. The molecule has 4 nitrogen and oxygen atoms in total. The topological polar surface area (TPSA) is 66.6 Å². The zero-order valence-electron chi connectivity index (χ0n) is 9.80. The van der Waals surface area contributed by atoms with Gasteiger partial charge in [-0.15, -0.1) is 0 Å². The summed E-state index contributed by atoms with van der Waals surface area (Å²) < 4.78 is 0. The zero-order valence-corrected chi connectivity index (χ0v) is 9.80. The van der Waals surface area contributed by atoms with Crippen molar-refractivity contribution >= 4 is 5.91 Å². The average molecular weight is 234 g/mol. The molecule has 1 fully saturated rings. The van der Waals surface area contributed by atoms with Crippen molar-refractivity contribution in [3.05, 3.63) is 35.4 Å². The molecule has 2 rings (SSSR count). The largest absolute Gasteiger partial charge is 0.392 e. The predicted molar refractivity (Wildman–Crippen MR) is 65.5 cm³/mol. The van der Waals surface area contributed by atoms with Gasteiger partial charge in [0.05, 0.1) is 6.10 Å². The molecule has 0 unspecified atom stereocenters. The first kappa shape index (κ1) is 12.1. The molecule has 1 atom stereocenters. The van der Waals surface area contributed by atoms with Crippen LogP contribution in [-0.4, -0.2) is 35.1 Å². The van der Waals surface area contributed by atoms with E-state index < -0.39 is 5.91 Å². The van der Waals surface area contributed by atoms with E-state index in [4.69, 9.17) is 5.73 Å². The number of carbonyl (C=O) groups excluding carboxylic acids is 1. The van der Waals surface area contributed by atoms with Crippen molar-refractivity contribution < 1.29 is 9.90 Å². The number of aliphatic hydroxyl groups excluding tert-OH is 1. The van der Waals surface area contributed by atoms with E-state index in [0.29, 0.717) is 5.56 Å². The van der Waals surface area contributed by atoms with Gasteiger partial charge in [0.15, 0.2) is 0 Å². The van der Waals surface area contributed by atoms with E-state index in [-0.39, 0.29) is 6.10 Å². The molecule has 0 bridgehead atoms. The quantitative estimate of drug-likeness (QED) is 0.810. The van der Waals surface area contributed by atoms with Gasteiger partial charge in [0, 0.05) is 18.7 Å². The molecule has 0 saturated carbocycles. The second-order valence-corrected chi connectivity index (χ2v) is 4.59. The van der Waals surface area contributed by atoms with Crippen LogP contribution in [0, 0.1) is 0 Å². The minimum atomic E-state index is -0.398. The first-order valence-electron chi connectivity index (χ1n) is 5.94. The highest BCUT2D eigenvalue weighted by molar-refractivity contribution is 5.92. The maximum atomic E-state index is 10.9. The van der Waals surface area contributed by atoms with Crippen molar-refractivity contribution in [2.45, 2.75) is 25.5 Å². The second-order valence-electron chi connectivity index (χ2n) is 4.59. The number of nitrogens with two attached hydrogens (primary N) is 1. The minimum absolute atomic E-state index is 0.200. The predicted octanol–water partition coefficient (Wildman–Crippen LogP) is 0.742. The first-order valence-corrected chi connectivity index (χ1v) is 5.94. The molecule has 0 aromatic heterocycles. The molecule has 0 aliphatic carbocycles. The lowest BCUT2D eigenvalue weighted by molar-refractivity contribution is 0.0668. The van der Waals surface area contributed by atoms with Crippen LogP contribution in [0.3, 0.4) is 0 Å². The van der Waals surface area contributed by atoms with Gasteiger partial charge in [-0.25, -0.2) is 0 Å². The van der Waals surface area contributed by atoms with Crippen LogP contribution < -0.4 is 5.73 Å². The highest BCUT2D eigenvalue weighted by Crippen LogP contribution is 2.14. The number of primary amides is 1. The molecule has 17 heavy (non-hydrogen) atoms. The molecule has 3 N–H and O–H groups in total. The minimum Gasteiger partial charge on any atom is -0.392 e. The van der Waals surface area contributed by atoms with Crippen molar-refractivity contribution in [1.29, 1.82) is 0 Å². The van der Waals surface area contributed by atoms with Gasteiger partial charge in [-0.05, 0) is 37.1 Å². The molecule has 1 aromatic rings. The molecule has 1 amide bonds. The average Bonchev–Trinajstić information content (AvgIpc) is 2.29. The Morgan fingerprint density at radius 3 is 2.71 bits per heavy atom. The Morgan fingerprint density at radius 2 is 2.12 bits per heavy atom. The fourth-order valence-electron chi connectivity index (χ4n) is 2.21. The summed E-state index contributed by atoms with van der Waals surface area (Å²) in [5.41, 5.74) is 6.86. The van der Waals surface area contributed by atoms with Gasteiger partial charge < -0.3 is 10.8 Å². The van der Waals surface area contributed by atoms with E-state index in [1.54, 1.807) is 12.1 Å². The Balaban J connectivity index is 1.96. The number of amides is 1.